The summed E-state index contributed by atoms with van der Waals surface area (Å²) in [6.07, 6.45) is 3.06. The van der Waals surface area contributed by atoms with Crippen molar-refractivity contribution >= 4 is 33.3 Å². The van der Waals surface area contributed by atoms with Crippen molar-refractivity contribution in [3.8, 4) is 5.75 Å². The van der Waals surface area contributed by atoms with E-state index in [1.54, 1.807) is 30.3 Å². The molecule has 0 atom stereocenters. The molecule has 0 aromatic heterocycles. The standard InChI is InChI=1S/C18H17BrClFO2/c19-10-2-1-3-11-23-15-8-9-16(17(21)12-15)18(22)13-4-6-14(20)7-5-13/h4-9,12H,1-3,10-11H2. The third-order valence-corrected chi connectivity index (χ3v) is 4.15. The van der Waals surface area contributed by atoms with Crippen molar-refractivity contribution in [2.75, 3.05) is 11.9 Å². The molecule has 0 aliphatic carbocycles. The highest BCUT2D eigenvalue weighted by molar-refractivity contribution is 9.09. The van der Waals surface area contributed by atoms with Crippen molar-refractivity contribution in [2.45, 2.75) is 19.3 Å². The molecule has 0 radical (unpaired) electrons. The molecule has 2 nitrogen and oxygen atoms in total. The molecule has 2 aromatic carbocycles. The van der Waals surface area contributed by atoms with Gasteiger partial charge in [0.05, 0.1) is 12.2 Å². The number of ketones is 1. The number of ether oxygens (including phenoxy) is 1. The van der Waals surface area contributed by atoms with Gasteiger partial charge in [-0.3, -0.25) is 4.79 Å². The Bertz CT molecular complexity index is 659. The molecule has 2 rings (SSSR count). The van der Waals surface area contributed by atoms with Crippen LogP contribution in [0.25, 0.3) is 0 Å². The van der Waals surface area contributed by atoms with E-state index in [-0.39, 0.29) is 11.3 Å². The van der Waals surface area contributed by atoms with Gasteiger partial charge >= 0.3 is 0 Å². The number of benzene rings is 2. The Kier molecular flexibility index (Phi) is 7.06. The Morgan fingerprint density at radius 2 is 1.83 bits per heavy atom. The van der Waals surface area contributed by atoms with Gasteiger partial charge in [-0.1, -0.05) is 27.5 Å². The van der Waals surface area contributed by atoms with Gasteiger partial charge in [0.25, 0.3) is 0 Å². The van der Waals surface area contributed by atoms with Gasteiger partial charge in [-0.2, -0.15) is 0 Å². The quantitative estimate of drug-likeness (QED) is 0.325. The second-order valence-corrected chi connectivity index (χ2v) is 6.31. The van der Waals surface area contributed by atoms with Gasteiger partial charge in [0.2, 0.25) is 0 Å². The van der Waals surface area contributed by atoms with E-state index in [0.717, 1.165) is 24.6 Å². The summed E-state index contributed by atoms with van der Waals surface area (Å²) in [5.41, 5.74) is 0.427. The van der Waals surface area contributed by atoms with Gasteiger partial charge in [0.15, 0.2) is 5.78 Å². The summed E-state index contributed by atoms with van der Waals surface area (Å²) < 4.78 is 19.7. The molecule has 0 heterocycles. The maximum Gasteiger partial charge on any atom is 0.195 e. The molecule has 0 fully saturated rings. The van der Waals surface area contributed by atoms with Gasteiger partial charge < -0.3 is 4.74 Å². The summed E-state index contributed by atoms with van der Waals surface area (Å²) in [6, 6.07) is 10.7. The number of alkyl halides is 1. The summed E-state index contributed by atoms with van der Waals surface area (Å²) in [4.78, 5) is 12.3. The Morgan fingerprint density at radius 1 is 1.09 bits per heavy atom. The first-order chi connectivity index (χ1) is 11.1. The largest absolute Gasteiger partial charge is 0.493 e. The summed E-state index contributed by atoms with van der Waals surface area (Å²) in [5.74, 6) is -0.514. The van der Waals surface area contributed by atoms with Crippen molar-refractivity contribution in [1.82, 2.24) is 0 Å². The fraction of sp³-hybridized carbons (Fsp3) is 0.278. The number of hydrogen-bond acceptors (Lipinski definition) is 2. The van der Waals surface area contributed by atoms with Crippen molar-refractivity contribution in [1.29, 1.82) is 0 Å². The predicted octanol–water partition coefficient (Wildman–Crippen LogP) is 5.65. The van der Waals surface area contributed by atoms with E-state index in [1.165, 1.54) is 12.1 Å². The zero-order valence-corrected chi connectivity index (χ0v) is 14.9. The van der Waals surface area contributed by atoms with Crippen LogP contribution in [0.5, 0.6) is 5.75 Å². The molecule has 0 unspecified atom stereocenters. The molecule has 0 aliphatic heterocycles. The average Bonchev–Trinajstić information content (AvgIpc) is 2.55. The van der Waals surface area contributed by atoms with Gasteiger partial charge in [0.1, 0.15) is 11.6 Å². The summed E-state index contributed by atoms with van der Waals surface area (Å²) in [5, 5.41) is 1.51. The maximum absolute atomic E-state index is 14.2. The highest BCUT2D eigenvalue weighted by Crippen LogP contribution is 2.21. The lowest BCUT2D eigenvalue weighted by atomic mass is 10.0. The van der Waals surface area contributed by atoms with E-state index in [1.807, 2.05) is 0 Å². The zero-order valence-electron chi connectivity index (χ0n) is 12.5. The van der Waals surface area contributed by atoms with E-state index in [4.69, 9.17) is 16.3 Å². The summed E-state index contributed by atoms with van der Waals surface area (Å²) >= 11 is 9.16. The monoisotopic (exact) mass is 398 g/mol. The Hall–Kier alpha value is -1.39. The fourth-order valence-electron chi connectivity index (χ4n) is 2.09. The van der Waals surface area contributed by atoms with Crippen molar-refractivity contribution < 1.29 is 13.9 Å². The van der Waals surface area contributed by atoms with Crippen LogP contribution in [0.1, 0.15) is 35.2 Å². The lowest BCUT2D eigenvalue weighted by Crippen LogP contribution is -2.05. The minimum atomic E-state index is -0.581. The van der Waals surface area contributed by atoms with Gasteiger partial charge in [-0.15, -0.1) is 0 Å². The number of hydrogen-bond donors (Lipinski definition) is 0. The lowest BCUT2D eigenvalue weighted by molar-refractivity contribution is 0.103. The third-order valence-electron chi connectivity index (χ3n) is 3.34. The lowest BCUT2D eigenvalue weighted by Gasteiger charge is -2.08. The van der Waals surface area contributed by atoms with Crippen LogP contribution in [0, 0.1) is 5.82 Å². The molecular weight excluding hydrogens is 383 g/mol. The Balaban J connectivity index is 2.01. The summed E-state index contributed by atoms with van der Waals surface area (Å²) in [7, 11) is 0. The third kappa shape index (κ3) is 5.33. The minimum Gasteiger partial charge on any atom is -0.493 e. The molecule has 122 valence electrons. The number of unbranched alkanes of at least 4 members (excludes halogenated alkanes) is 2. The van der Waals surface area contributed by atoms with Crippen LogP contribution in [0.4, 0.5) is 4.39 Å². The molecule has 0 saturated carbocycles. The molecule has 0 saturated heterocycles. The van der Waals surface area contributed by atoms with Crippen LogP contribution in [-0.2, 0) is 0 Å². The van der Waals surface area contributed by atoms with E-state index >= 15 is 0 Å². The average molecular weight is 400 g/mol. The number of carbonyl (C=O) groups is 1. The van der Waals surface area contributed by atoms with E-state index < -0.39 is 5.82 Å². The number of carbonyl (C=O) groups excluding carboxylic acids is 1. The number of halogens is 3. The van der Waals surface area contributed by atoms with Gasteiger partial charge in [0, 0.05) is 22.0 Å². The van der Waals surface area contributed by atoms with Crippen molar-refractivity contribution in [3.05, 3.63) is 64.4 Å². The first-order valence-electron chi connectivity index (χ1n) is 7.40. The van der Waals surface area contributed by atoms with Crippen molar-refractivity contribution in [3.63, 3.8) is 0 Å². The first kappa shape index (κ1) is 18.0. The Labute approximate surface area is 148 Å². The normalized spacial score (nSPS) is 10.6. The fourth-order valence-corrected chi connectivity index (χ4v) is 2.61. The molecule has 5 heteroatoms. The molecule has 2 aromatic rings. The van der Waals surface area contributed by atoms with Crippen LogP contribution in [-0.4, -0.2) is 17.7 Å². The SMILES string of the molecule is O=C(c1ccc(Cl)cc1)c1ccc(OCCCCCBr)cc1F. The molecule has 0 amide bonds. The predicted molar refractivity (Wildman–Crippen MR) is 94.4 cm³/mol. The van der Waals surface area contributed by atoms with Crippen molar-refractivity contribution in [2.24, 2.45) is 0 Å². The van der Waals surface area contributed by atoms with Gasteiger partial charge in [-0.05, 0) is 55.7 Å². The van der Waals surface area contributed by atoms with Crippen LogP contribution in [0.15, 0.2) is 42.5 Å². The molecule has 0 aliphatic rings. The van der Waals surface area contributed by atoms with Crippen LogP contribution >= 0.6 is 27.5 Å². The van der Waals surface area contributed by atoms with E-state index in [0.29, 0.717) is 22.9 Å². The highest BCUT2D eigenvalue weighted by atomic mass is 79.9. The minimum absolute atomic E-state index is 0.0268. The molecule has 0 spiro atoms. The van der Waals surface area contributed by atoms with E-state index in [9.17, 15) is 9.18 Å². The maximum atomic E-state index is 14.2. The smallest absolute Gasteiger partial charge is 0.195 e. The first-order valence-corrected chi connectivity index (χ1v) is 8.90. The molecule has 0 bridgehead atoms. The second-order valence-electron chi connectivity index (χ2n) is 5.08. The second kappa shape index (κ2) is 9.04. The molecular formula is C18H17BrClFO2. The van der Waals surface area contributed by atoms with E-state index in [2.05, 4.69) is 15.9 Å². The highest BCUT2D eigenvalue weighted by Gasteiger charge is 2.14. The van der Waals surface area contributed by atoms with Crippen LogP contribution in [0.3, 0.4) is 0 Å². The van der Waals surface area contributed by atoms with Gasteiger partial charge in [-0.25, -0.2) is 4.39 Å². The van der Waals surface area contributed by atoms with Crippen LogP contribution < -0.4 is 4.74 Å². The topological polar surface area (TPSA) is 26.3 Å². The Morgan fingerprint density at radius 3 is 2.48 bits per heavy atom. The zero-order chi connectivity index (χ0) is 16.7. The van der Waals surface area contributed by atoms with Crippen LogP contribution in [0.2, 0.25) is 5.02 Å². The molecule has 0 N–H and O–H groups in total. The molecule has 23 heavy (non-hydrogen) atoms. The number of rotatable bonds is 8. The summed E-state index contributed by atoms with van der Waals surface area (Å²) in [6.45, 7) is 0.539.